The fraction of sp³-hybridized carbons (Fsp3) is 0.421. The molecule has 0 saturated carbocycles. The number of nitrogens with zero attached hydrogens (tertiary/aromatic N) is 1. The van der Waals surface area contributed by atoms with Gasteiger partial charge in [-0.3, -0.25) is 10.0 Å². The molecular weight excluding hydrogens is 368 g/mol. The number of ether oxygens (including phenoxy) is 1. The lowest BCUT2D eigenvalue weighted by atomic mass is 10.1. The Hall–Kier alpha value is -2.16. The van der Waals surface area contributed by atoms with Crippen LogP contribution in [0.15, 0.2) is 48.3 Å². The second-order valence-corrected chi connectivity index (χ2v) is 8.56. The summed E-state index contributed by atoms with van der Waals surface area (Å²) in [7, 11) is -2.08. The summed E-state index contributed by atoms with van der Waals surface area (Å²) < 4.78 is 30.7. The summed E-state index contributed by atoms with van der Waals surface area (Å²) >= 11 is 0. The van der Waals surface area contributed by atoms with E-state index in [2.05, 4.69) is 5.32 Å². The van der Waals surface area contributed by atoms with Gasteiger partial charge in [-0.15, -0.1) is 0 Å². The number of sulfone groups is 1. The number of benzene rings is 1. The van der Waals surface area contributed by atoms with E-state index in [0.29, 0.717) is 29.4 Å². The predicted octanol–water partition coefficient (Wildman–Crippen LogP) is 1.96. The minimum absolute atomic E-state index is 0.229. The Morgan fingerprint density at radius 2 is 2.07 bits per heavy atom. The van der Waals surface area contributed by atoms with Gasteiger partial charge in [-0.05, 0) is 36.2 Å². The van der Waals surface area contributed by atoms with E-state index in [1.54, 1.807) is 30.4 Å². The number of hydrogen-bond acceptors (Lipinski definition) is 6. The molecule has 2 N–H and O–H groups in total. The SMILES string of the molecule is CCNCc1ccc([C@H](CS(=O)(=O)C2C=CC(OC)=CC2)N(O)C=O)cc1. The molecule has 0 bridgehead atoms. The molecule has 1 aliphatic rings. The van der Waals surface area contributed by atoms with Crippen molar-refractivity contribution in [2.45, 2.75) is 31.2 Å². The Morgan fingerprint density at radius 1 is 1.37 bits per heavy atom. The molecule has 1 aromatic rings. The van der Waals surface area contributed by atoms with E-state index in [1.165, 1.54) is 7.11 Å². The molecule has 0 fully saturated rings. The monoisotopic (exact) mass is 394 g/mol. The minimum Gasteiger partial charge on any atom is -0.497 e. The van der Waals surface area contributed by atoms with Crippen molar-refractivity contribution in [1.82, 2.24) is 10.4 Å². The van der Waals surface area contributed by atoms with E-state index in [4.69, 9.17) is 4.74 Å². The summed E-state index contributed by atoms with van der Waals surface area (Å²) in [6.07, 6.45) is 5.43. The molecule has 8 heteroatoms. The summed E-state index contributed by atoms with van der Waals surface area (Å²) in [5.74, 6) is 0.242. The molecule has 0 heterocycles. The van der Waals surface area contributed by atoms with Crippen molar-refractivity contribution in [1.29, 1.82) is 0 Å². The first-order chi connectivity index (χ1) is 12.9. The Kier molecular flexibility index (Phi) is 7.58. The van der Waals surface area contributed by atoms with Crippen LogP contribution in [-0.4, -0.2) is 49.8 Å². The first kappa shape index (κ1) is 21.1. The Bertz CT molecular complexity index is 787. The second kappa shape index (κ2) is 9.68. The van der Waals surface area contributed by atoms with E-state index in [-0.39, 0.29) is 12.2 Å². The second-order valence-electron chi connectivity index (χ2n) is 6.30. The van der Waals surface area contributed by atoms with Crippen LogP contribution in [0.25, 0.3) is 0 Å². The molecule has 0 radical (unpaired) electrons. The molecule has 1 amide bonds. The van der Waals surface area contributed by atoms with Crippen molar-refractivity contribution in [3.05, 3.63) is 59.4 Å². The molecular formula is C19H26N2O5S. The van der Waals surface area contributed by atoms with Crippen LogP contribution in [-0.2, 0) is 25.9 Å². The van der Waals surface area contributed by atoms with E-state index in [0.717, 1.165) is 12.1 Å². The smallest absolute Gasteiger partial charge is 0.233 e. The number of hydrogen-bond donors (Lipinski definition) is 2. The van der Waals surface area contributed by atoms with Gasteiger partial charge in [0.1, 0.15) is 5.76 Å². The van der Waals surface area contributed by atoms with E-state index in [1.807, 2.05) is 19.1 Å². The molecule has 148 valence electrons. The Balaban J connectivity index is 2.18. The molecule has 27 heavy (non-hydrogen) atoms. The van der Waals surface area contributed by atoms with Crippen molar-refractivity contribution in [2.24, 2.45) is 0 Å². The van der Waals surface area contributed by atoms with Crippen LogP contribution in [0.5, 0.6) is 0 Å². The average molecular weight is 394 g/mol. The molecule has 0 aromatic heterocycles. The lowest BCUT2D eigenvalue weighted by molar-refractivity contribution is -0.158. The molecule has 1 aromatic carbocycles. The van der Waals surface area contributed by atoms with Crippen molar-refractivity contribution >= 4 is 16.2 Å². The highest BCUT2D eigenvalue weighted by Gasteiger charge is 2.31. The maximum absolute atomic E-state index is 12.8. The molecule has 0 saturated heterocycles. The van der Waals surface area contributed by atoms with Crippen LogP contribution < -0.4 is 5.32 Å². The topological polar surface area (TPSA) is 95.9 Å². The van der Waals surface area contributed by atoms with Crippen LogP contribution >= 0.6 is 0 Å². The quantitative estimate of drug-likeness (QED) is 0.358. The van der Waals surface area contributed by atoms with Crippen molar-refractivity contribution in [3.63, 3.8) is 0 Å². The zero-order valence-corrected chi connectivity index (χ0v) is 16.4. The van der Waals surface area contributed by atoms with Crippen LogP contribution in [0, 0.1) is 0 Å². The number of carbonyl (C=O) groups excluding carboxylic acids is 1. The molecule has 0 spiro atoms. The molecule has 2 atom stereocenters. The number of rotatable bonds is 10. The van der Waals surface area contributed by atoms with E-state index < -0.39 is 21.1 Å². The van der Waals surface area contributed by atoms with Gasteiger partial charge in [0.2, 0.25) is 6.41 Å². The van der Waals surface area contributed by atoms with E-state index in [9.17, 15) is 18.4 Å². The van der Waals surface area contributed by atoms with Gasteiger partial charge in [0.15, 0.2) is 9.84 Å². The maximum Gasteiger partial charge on any atom is 0.233 e. The lowest BCUT2D eigenvalue weighted by Gasteiger charge is -2.25. The normalized spacial score (nSPS) is 17.9. The summed E-state index contributed by atoms with van der Waals surface area (Å²) in [5, 5.41) is 12.9. The van der Waals surface area contributed by atoms with Crippen LogP contribution in [0.2, 0.25) is 0 Å². The molecule has 7 nitrogen and oxygen atoms in total. The van der Waals surface area contributed by atoms with Gasteiger partial charge < -0.3 is 10.1 Å². The molecule has 0 aliphatic heterocycles. The largest absolute Gasteiger partial charge is 0.497 e. The predicted molar refractivity (Wildman–Crippen MR) is 103 cm³/mol. The Morgan fingerprint density at radius 3 is 2.59 bits per heavy atom. The first-order valence-electron chi connectivity index (χ1n) is 8.77. The first-order valence-corrected chi connectivity index (χ1v) is 10.5. The zero-order valence-electron chi connectivity index (χ0n) is 15.5. The highest BCUT2D eigenvalue weighted by molar-refractivity contribution is 7.92. The fourth-order valence-electron chi connectivity index (χ4n) is 2.87. The number of carbonyl (C=O) groups is 1. The highest BCUT2D eigenvalue weighted by Crippen LogP contribution is 2.26. The third-order valence-corrected chi connectivity index (χ3v) is 6.54. The van der Waals surface area contributed by atoms with Crippen molar-refractivity contribution in [3.8, 4) is 0 Å². The third-order valence-electron chi connectivity index (χ3n) is 4.48. The van der Waals surface area contributed by atoms with Crippen molar-refractivity contribution in [2.75, 3.05) is 19.4 Å². The maximum atomic E-state index is 12.8. The van der Waals surface area contributed by atoms with Crippen molar-refractivity contribution < 1.29 is 23.2 Å². The number of allylic oxidation sites excluding steroid dienone is 2. The van der Waals surface area contributed by atoms with Gasteiger partial charge in [-0.25, -0.2) is 13.5 Å². The van der Waals surface area contributed by atoms with Gasteiger partial charge in [-0.1, -0.05) is 37.3 Å². The van der Waals surface area contributed by atoms with Crippen LogP contribution in [0.1, 0.15) is 30.5 Å². The van der Waals surface area contributed by atoms with Gasteiger partial charge in [-0.2, -0.15) is 0 Å². The highest BCUT2D eigenvalue weighted by atomic mass is 32.2. The van der Waals surface area contributed by atoms with Gasteiger partial charge in [0.25, 0.3) is 0 Å². The Labute approximate surface area is 160 Å². The summed E-state index contributed by atoms with van der Waals surface area (Å²) in [6, 6.07) is 6.20. The summed E-state index contributed by atoms with van der Waals surface area (Å²) in [6.45, 7) is 3.54. The molecule has 1 aliphatic carbocycles. The average Bonchev–Trinajstić information content (AvgIpc) is 2.70. The lowest BCUT2D eigenvalue weighted by Crippen LogP contribution is -2.34. The minimum atomic E-state index is -3.60. The number of methoxy groups -OCH3 is 1. The van der Waals surface area contributed by atoms with Crippen LogP contribution in [0.4, 0.5) is 0 Å². The number of amides is 1. The third kappa shape index (κ3) is 5.66. The molecule has 1 unspecified atom stereocenters. The van der Waals surface area contributed by atoms with Crippen LogP contribution in [0.3, 0.4) is 0 Å². The van der Waals surface area contributed by atoms with Gasteiger partial charge >= 0.3 is 0 Å². The summed E-state index contributed by atoms with van der Waals surface area (Å²) in [5.41, 5.74) is 1.59. The zero-order chi connectivity index (χ0) is 19.9. The van der Waals surface area contributed by atoms with Gasteiger partial charge in [0.05, 0.1) is 24.2 Å². The fourth-order valence-corrected chi connectivity index (χ4v) is 4.61. The van der Waals surface area contributed by atoms with E-state index >= 15 is 0 Å². The van der Waals surface area contributed by atoms with Gasteiger partial charge in [0, 0.05) is 6.54 Å². The number of hydroxylamine groups is 2. The summed E-state index contributed by atoms with van der Waals surface area (Å²) in [4.78, 5) is 11.1. The molecule has 2 rings (SSSR count). The standard InChI is InChI=1S/C19H26N2O5S/c1-3-20-12-15-4-6-16(7-5-15)19(21(23)14-22)13-27(24,25)18-10-8-17(26-2)9-11-18/h4-10,14,18-20,23H,3,11-13H2,1-2H3/t18?,19-/m0/s1. The number of nitrogens with one attached hydrogen (secondary N) is 1.